The summed E-state index contributed by atoms with van der Waals surface area (Å²) in [6.45, 7) is 6.93. The topological polar surface area (TPSA) is 43.4 Å². The van der Waals surface area contributed by atoms with Gasteiger partial charge in [-0.25, -0.2) is 4.98 Å². The quantitative estimate of drug-likeness (QED) is 0.891. The second kappa shape index (κ2) is 4.79. The number of aryl methyl sites for hydroxylation is 2. The maximum Gasteiger partial charge on any atom is 0.273 e. The molecule has 1 unspecified atom stereocenters. The van der Waals surface area contributed by atoms with Crippen molar-refractivity contribution in [2.45, 2.75) is 44.8 Å². The van der Waals surface area contributed by atoms with Gasteiger partial charge in [0.2, 0.25) is 0 Å². The molecular weight excluding hydrogens is 248 g/mol. The zero-order valence-electron chi connectivity index (χ0n) is 11.0. The van der Waals surface area contributed by atoms with E-state index in [9.17, 15) is 0 Å². The van der Waals surface area contributed by atoms with Crippen molar-refractivity contribution in [3.05, 3.63) is 10.6 Å². The van der Waals surface area contributed by atoms with Crippen molar-refractivity contribution in [3.8, 4) is 5.19 Å². The number of piperidine rings is 1. The van der Waals surface area contributed by atoms with E-state index >= 15 is 0 Å². The summed E-state index contributed by atoms with van der Waals surface area (Å²) in [6, 6.07) is 0. The molecule has 0 amide bonds. The summed E-state index contributed by atoms with van der Waals surface area (Å²) in [7, 11) is 0. The van der Waals surface area contributed by atoms with Crippen LogP contribution in [0.3, 0.4) is 0 Å². The Morgan fingerprint density at radius 3 is 2.83 bits per heavy atom. The fraction of sp³-hybridized carbons (Fsp3) is 0.769. The molecule has 2 aliphatic rings. The molecule has 0 radical (unpaired) electrons. The van der Waals surface area contributed by atoms with Crippen molar-refractivity contribution < 1.29 is 9.47 Å². The van der Waals surface area contributed by atoms with Gasteiger partial charge >= 0.3 is 0 Å². The summed E-state index contributed by atoms with van der Waals surface area (Å²) < 4.78 is 12.0. The Labute approximate surface area is 112 Å². The van der Waals surface area contributed by atoms with E-state index in [1.807, 2.05) is 6.92 Å². The normalized spacial score (nSPS) is 26.7. The largest absolute Gasteiger partial charge is 0.464 e. The molecule has 0 bridgehead atoms. The van der Waals surface area contributed by atoms with Crippen LogP contribution in [0.25, 0.3) is 0 Å². The van der Waals surface area contributed by atoms with E-state index in [1.54, 1.807) is 11.3 Å². The molecule has 1 aromatic heterocycles. The molecular formula is C13H20N2O2S. The molecule has 1 aromatic rings. The number of thiazole rings is 1. The third kappa shape index (κ3) is 2.39. The lowest BCUT2D eigenvalue weighted by molar-refractivity contribution is -0.0205. The Hall–Kier alpha value is -0.650. The first kappa shape index (κ1) is 12.4. The monoisotopic (exact) mass is 268 g/mol. The van der Waals surface area contributed by atoms with Crippen LogP contribution in [-0.4, -0.2) is 36.4 Å². The number of nitrogens with one attached hydrogen (secondary N) is 1. The highest BCUT2D eigenvalue weighted by molar-refractivity contribution is 7.13. The van der Waals surface area contributed by atoms with E-state index in [4.69, 9.17) is 9.47 Å². The molecule has 3 rings (SSSR count). The number of hydrogen-bond acceptors (Lipinski definition) is 5. The zero-order valence-corrected chi connectivity index (χ0v) is 11.8. The van der Waals surface area contributed by atoms with Gasteiger partial charge in [-0.05, 0) is 39.8 Å². The molecule has 2 saturated heterocycles. The second-order valence-electron chi connectivity index (χ2n) is 5.31. The van der Waals surface area contributed by atoms with Crippen LogP contribution in [0.5, 0.6) is 5.19 Å². The van der Waals surface area contributed by atoms with Crippen LogP contribution < -0.4 is 10.1 Å². The van der Waals surface area contributed by atoms with E-state index < -0.39 is 0 Å². The SMILES string of the molecule is Cc1nc(OC2COC3(CCNCC3)C2)sc1C. The summed E-state index contributed by atoms with van der Waals surface area (Å²) in [5, 5.41) is 4.18. The summed E-state index contributed by atoms with van der Waals surface area (Å²) in [5.41, 5.74) is 1.14. The van der Waals surface area contributed by atoms with Crippen LogP contribution in [0, 0.1) is 13.8 Å². The van der Waals surface area contributed by atoms with Crippen molar-refractivity contribution in [2.24, 2.45) is 0 Å². The van der Waals surface area contributed by atoms with Gasteiger partial charge in [-0.15, -0.1) is 0 Å². The molecule has 1 N–H and O–H groups in total. The van der Waals surface area contributed by atoms with Gasteiger partial charge < -0.3 is 14.8 Å². The minimum atomic E-state index is 0.0667. The number of aromatic nitrogens is 1. The maximum absolute atomic E-state index is 6.02. The van der Waals surface area contributed by atoms with Crippen LogP contribution in [0.4, 0.5) is 0 Å². The van der Waals surface area contributed by atoms with Crippen LogP contribution in [0.2, 0.25) is 0 Å². The fourth-order valence-electron chi connectivity index (χ4n) is 2.75. The molecule has 4 nitrogen and oxygen atoms in total. The first-order valence-corrected chi connectivity index (χ1v) is 7.44. The molecule has 1 spiro atoms. The maximum atomic E-state index is 6.02. The lowest BCUT2D eigenvalue weighted by atomic mass is 9.89. The highest BCUT2D eigenvalue weighted by Crippen LogP contribution is 2.36. The van der Waals surface area contributed by atoms with E-state index in [0.717, 1.165) is 43.2 Å². The number of rotatable bonds is 2. The second-order valence-corrected chi connectivity index (χ2v) is 6.48. The van der Waals surface area contributed by atoms with Gasteiger partial charge in [0, 0.05) is 11.3 Å². The Balaban J connectivity index is 1.62. The Bertz CT molecular complexity index is 407. The predicted molar refractivity (Wildman–Crippen MR) is 71.4 cm³/mol. The lowest BCUT2D eigenvalue weighted by Crippen LogP contribution is -2.41. The van der Waals surface area contributed by atoms with Gasteiger partial charge in [0.15, 0.2) is 0 Å². The van der Waals surface area contributed by atoms with Crippen molar-refractivity contribution in [3.63, 3.8) is 0 Å². The fourth-order valence-corrected chi connectivity index (χ4v) is 3.57. The molecule has 1 atom stereocenters. The molecule has 0 aromatic carbocycles. The zero-order chi connectivity index (χ0) is 12.6. The van der Waals surface area contributed by atoms with Gasteiger partial charge in [0.05, 0.1) is 17.9 Å². The molecule has 0 saturated carbocycles. The van der Waals surface area contributed by atoms with Crippen molar-refractivity contribution >= 4 is 11.3 Å². The minimum absolute atomic E-state index is 0.0667. The molecule has 18 heavy (non-hydrogen) atoms. The molecule has 2 aliphatic heterocycles. The summed E-state index contributed by atoms with van der Waals surface area (Å²) in [6.07, 6.45) is 3.38. The van der Waals surface area contributed by atoms with E-state index in [0.29, 0.717) is 6.61 Å². The molecule has 3 heterocycles. The molecule has 2 fully saturated rings. The van der Waals surface area contributed by atoms with Gasteiger partial charge in [-0.3, -0.25) is 0 Å². The van der Waals surface area contributed by atoms with Gasteiger partial charge in [-0.1, -0.05) is 11.3 Å². The highest BCUT2D eigenvalue weighted by Gasteiger charge is 2.42. The standard InChI is InChI=1S/C13H20N2O2S/c1-9-10(2)18-12(15-9)17-11-7-13(16-8-11)3-5-14-6-4-13/h11,14H,3-8H2,1-2H3. The number of hydrogen-bond donors (Lipinski definition) is 1. The Kier molecular flexibility index (Phi) is 3.30. The molecule has 100 valence electrons. The lowest BCUT2D eigenvalue weighted by Gasteiger charge is -2.32. The van der Waals surface area contributed by atoms with Crippen molar-refractivity contribution in [1.82, 2.24) is 10.3 Å². The summed E-state index contributed by atoms with van der Waals surface area (Å²) in [5.74, 6) is 0. The Morgan fingerprint density at radius 2 is 2.17 bits per heavy atom. The first-order chi connectivity index (χ1) is 8.67. The van der Waals surface area contributed by atoms with Crippen molar-refractivity contribution in [1.29, 1.82) is 0 Å². The average Bonchev–Trinajstić information content (AvgIpc) is 2.86. The Morgan fingerprint density at radius 1 is 1.39 bits per heavy atom. The van der Waals surface area contributed by atoms with Crippen LogP contribution in [-0.2, 0) is 4.74 Å². The van der Waals surface area contributed by atoms with Crippen LogP contribution in [0.1, 0.15) is 29.8 Å². The molecule has 5 heteroatoms. The number of ether oxygens (including phenoxy) is 2. The first-order valence-electron chi connectivity index (χ1n) is 6.62. The van der Waals surface area contributed by atoms with Crippen molar-refractivity contribution in [2.75, 3.05) is 19.7 Å². The summed E-state index contributed by atoms with van der Waals surface area (Å²) in [4.78, 5) is 5.67. The van der Waals surface area contributed by atoms with Gasteiger partial charge in [-0.2, -0.15) is 0 Å². The smallest absolute Gasteiger partial charge is 0.273 e. The van der Waals surface area contributed by atoms with Gasteiger partial charge in [0.25, 0.3) is 5.19 Å². The minimum Gasteiger partial charge on any atom is -0.464 e. The average molecular weight is 268 g/mol. The van der Waals surface area contributed by atoms with Crippen LogP contribution in [0.15, 0.2) is 0 Å². The van der Waals surface area contributed by atoms with Gasteiger partial charge in [0.1, 0.15) is 6.10 Å². The summed E-state index contributed by atoms with van der Waals surface area (Å²) >= 11 is 1.64. The van der Waals surface area contributed by atoms with E-state index in [-0.39, 0.29) is 11.7 Å². The third-order valence-corrected chi connectivity index (χ3v) is 4.93. The van der Waals surface area contributed by atoms with E-state index in [2.05, 4.69) is 17.2 Å². The van der Waals surface area contributed by atoms with E-state index in [1.165, 1.54) is 4.88 Å². The predicted octanol–water partition coefficient (Wildman–Crippen LogP) is 2.05. The van der Waals surface area contributed by atoms with Crippen LogP contribution >= 0.6 is 11.3 Å². The number of nitrogens with zero attached hydrogens (tertiary/aromatic N) is 1. The third-order valence-electron chi connectivity index (χ3n) is 3.97. The molecule has 0 aliphatic carbocycles. The highest BCUT2D eigenvalue weighted by atomic mass is 32.1.